The molecule has 21 heavy (non-hydrogen) atoms. The van der Waals surface area contributed by atoms with Gasteiger partial charge >= 0.3 is 0 Å². The van der Waals surface area contributed by atoms with Gasteiger partial charge in [-0.25, -0.2) is 0 Å². The second-order valence-electron chi connectivity index (χ2n) is 4.42. The van der Waals surface area contributed by atoms with Crippen molar-refractivity contribution < 1.29 is 4.52 Å². The number of hydrogen-bond acceptors (Lipinski definition) is 3. The van der Waals surface area contributed by atoms with E-state index in [-0.39, 0.29) is 0 Å². The molecule has 0 bridgehead atoms. The minimum absolute atomic E-state index is 0.511. The van der Waals surface area contributed by atoms with E-state index in [4.69, 9.17) is 4.52 Å². The smallest absolute Gasteiger partial charge is 0.258 e. The first-order valence-corrected chi connectivity index (χ1v) is 6.71. The first-order chi connectivity index (χ1) is 10.4. The van der Waals surface area contributed by atoms with Crippen molar-refractivity contribution in [2.24, 2.45) is 0 Å². The van der Waals surface area contributed by atoms with Crippen LogP contribution < -0.4 is 0 Å². The maximum Gasteiger partial charge on any atom is 0.258 e. The highest BCUT2D eigenvalue weighted by atomic mass is 16.5. The van der Waals surface area contributed by atoms with Crippen LogP contribution in [0, 0.1) is 0 Å². The highest BCUT2D eigenvalue weighted by Gasteiger charge is 2.11. The molecule has 0 unspecified atom stereocenters. The summed E-state index contributed by atoms with van der Waals surface area (Å²) < 4.78 is 5.37. The van der Waals surface area contributed by atoms with E-state index in [0.29, 0.717) is 11.7 Å². The van der Waals surface area contributed by atoms with Crippen LogP contribution in [0.2, 0.25) is 0 Å². The van der Waals surface area contributed by atoms with Gasteiger partial charge in [-0.05, 0) is 12.2 Å². The summed E-state index contributed by atoms with van der Waals surface area (Å²) in [5.41, 5.74) is 1.80. The Balaban J connectivity index is 1.90. The quantitative estimate of drug-likeness (QED) is 0.811. The average molecular weight is 274 g/mol. The van der Waals surface area contributed by atoms with Gasteiger partial charge < -0.3 is 4.52 Å². The highest BCUT2D eigenvalue weighted by Crippen LogP contribution is 2.19. The summed E-state index contributed by atoms with van der Waals surface area (Å²) in [5.74, 6) is 1.09. The topological polar surface area (TPSA) is 38.9 Å². The zero-order valence-corrected chi connectivity index (χ0v) is 11.4. The van der Waals surface area contributed by atoms with Crippen LogP contribution in [0.3, 0.4) is 0 Å². The van der Waals surface area contributed by atoms with Crippen molar-refractivity contribution in [2.45, 2.75) is 0 Å². The van der Waals surface area contributed by atoms with E-state index < -0.39 is 0 Å². The predicted octanol–water partition coefficient (Wildman–Crippen LogP) is 4.20. The molecule has 1 heterocycles. The molecule has 3 heteroatoms. The van der Waals surface area contributed by atoms with Crippen molar-refractivity contribution in [3.05, 3.63) is 96.8 Å². The van der Waals surface area contributed by atoms with Gasteiger partial charge in [-0.3, -0.25) is 0 Å². The molecule has 1 aromatic rings. The minimum Gasteiger partial charge on any atom is -0.334 e. The van der Waals surface area contributed by atoms with Crippen molar-refractivity contribution in [2.75, 3.05) is 0 Å². The fourth-order valence-corrected chi connectivity index (χ4v) is 1.88. The average Bonchev–Trinajstić information content (AvgIpc) is 2.87. The largest absolute Gasteiger partial charge is 0.334 e. The summed E-state index contributed by atoms with van der Waals surface area (Å²) in [6.07, 6.45) is 27.4. The molecular weight excluding hydrogens is 260 g/mol. The molecule has 0 aliphatic heterocycles. The van der Waals surface area contributed by atoms with Crippen molar-refractivity contribution in [3.63, 3.8) is 0 Å². The second kappa shape index (κ2) is 6.48. The Morgan fingerprint density at radius 1 is 0.619 bits per heavy atom. The van der Waals surface area contributed by atoms with Crippen LogP contribution in [0.5, 0.6) is 0 Å². The van der Waals surface area contributed by atoms with Crippen molar-refractivity contribution in [1.29, 1.82) is 0 Å². The summed E-state index contributed by atoms with van der Waals surface area (Å²) in [6.45, 7) is 0. The van der Waals surface area contributed by atoms with E-state index in [2.05, 4.69) is 10.1 Å². The molecule has 0 amide bonds. The van der Waals surface area contributed by atoms with E-state index in [1.54, 1.807) is 0 Å². The van der Waals surface area contributed by atoms with E-state index >= 15 is 0 Å². The Morgan fingerprint density at radius 2 is 1.19 bits per heavy atom. The van der Waals surface area contributed by atoms with Gasteiger partial charge in [0.15, 0.2) is 0 Å². The van der Waals surface area contributed by atoms with Crippen LogP contribution in [0.25, 0.3) is 11.1 Å². The van der Waals surface area contributed by atoms with Crippen molar-refractivity contribution in [1.82, 2.24) is 10.1 Å². The SMILES string of the molecule is C1=C\C=C/C(c2noc(C3=C/C=C\C=C/C=C\3)n2)=C\C=C/1. The zero-order valence-electron chi connectivity index (χ0n) is 11.4. The van der Waals surface area contributed by atoms with E-state index in [1.165, 1.54) is 0 Å². The fraction of sp³-hybridized carbons (Fsp3) is 0. The molecule has 1 aromatic heterocycles. The van der Waals surface area contributed by atoms with Gasteiger partial charge in [-0.1, -0.05) is 78.1 Å². The van der Waals surface area contributed by atoms with E-state index in [9.17, 15) is 0 Å². The maximum atomic E-state index is 5.37. The van der Waals surface area contributed by atoms with Gasteiger partial charge in [0.2, 0.25) is 5.82 Å². The van der Waals surface area contributed by atoms with E-state index in [1.807, 2.05) is 85.1 Å². The molecule has 0 saturated heterocycles. The standard InChI is InChI=1S/C18H14N2O/c1-3-7-11-15(12-8-4-1)17-19-18(21-20-17)16-13-9-5-2-6-10-14-16/h1-14H/b3-1-,4-1?,5-2-,6-2?,7-3?,8-4-,9-5?,10-6-,11-7-,12-8?,13-9-,14-10?,15-11?,15-12+,16-13?,16-14+. The Bertz CT molecular complexity index is 687. The molecule has 3 rings (SSSR count). The second-order valence-corrected chi connectivity index (χ2v) is 4.42. The lowest BCUT2D eigenvalue weighted by molar-refractivity contribution is 0.406. The van der Waals surface area contributed by atoms with Gasteiger partial charge in [-0.15, -0.1) is 0 Å². The molecule has 2 aliphatic rings. The van der Waals surface area contributed by atoms with Gasteiger partial charge in [0, 0.05) is 11.1 Å². The van der Waals surface area contributed by atoms with Crippen molar-refractivity contribution >= 4 is 11.1 Å². The molecule has 3 nitrogen and oxygen atoms in total. The van der Waals surface area contributed by atoms with Crippen LogP contribution in [-0.2, 0) is 0 Å². The van der Waals surface area contributed by atoms with Crippen LogP contribution in [0.4, 0.5) is 0 Å². The first-order valence-electron chi connectivity index (χ1n) is 6.71. The molecule has 2 aliphatic carbocycles. The third-order valence-corrected chi connectivity index (χ3v) is 2.92. The summed E-state index contributed by atoms with van der Waals surface area (Å²) in [5, 5.41) is 4.06. The third-order valence-electron chi connectivity index (χ3n) is 2.92. The lowest BCUT2D eigenvalue weighted by Gasteiger charge is -1.95. The summed E-state index contributed by atoms with van der Waals surface area (Å²) in [4.78, 5) is 4.47. The molecule has 0 atom stereocenters. The third kappa shape index (κ3) is 3.34. The molecule has 0 spiro atoms. The molecular formula is C18H14N2O. The van der Waals surface area contributed by atoms with Crippen LogP contribution in [0.1, 0.15) is 11.7 Å². The highest BCUT2D eigenvalue weighted by molar-refractivity contribution is 5.74. The molecule has 0 N–H and O–H groups in total. The number of nitrogens with zero attached hydrogens (tertiary/aromatic N) is 2. The molecule has 0 fully saturated rings. The lowest BCUT2D eigenvalue weighted by Crippen LogP contribution is -1.86. The maximum absolute atomic E-state index is 5.37. The Hall–Kier alpha value is -2.94. The molecule has 0 radical (unpaired) electrons. The molecule has 0 aromatic carbocycles. The zero-order chi connectivity index (χ0) is 14.3. The predicted molar refractivity (Wildman–Crippen MR) is 85.1 cm³/mol. The number of aromatic nitrogens is 2. The number of hydrogen-bond donors (Lipinski definition) is 0. The summed E-state index contributed by atoms with van der Waals surface area (Å²) >= 11 is 0. The fourth-order valence-electron chi connectivity index (χ4n) is 1.88. The van der Waals surface area contributed by atoms with Gasteiger partial charge in [-0.2, -0.15) is 4.98 Å². The Morgan fingerprint density at radius 3 is 1.95 bits per heavy atom. The van der Waals surface area contributed by atoms with Crippen LogP contribution in [-0.4, -0.2) is 10.1 Å². The number of rotatable bonds is 2. The van der Waals surface area contributed by atoms with Crippen LogP contribution >= 0.6 is 0 Å². The lowest BCUT2D eigenvalue weighted by atomic mass is 10.1. The Labute approximate surface area is 123 Å². The minimum atomic E-state index is 0.511. The van der Waals surface area contributed by atoms with Gasteiger partial charge in [0.05, 0.1) is 0 Å². The van der Waals surface area contributed by atoms with Crippen LogP contribution in [0.15, 0.2) is 89.6 Å². The first kappa shape index (κ1) is 13.1. The number of allylic oxidation sites excluding steroid dienone is 16. The van der Waals surface area contributed by atoms with Gasteiger partial charge in [0.1, 0.15) is 0 Å². The van der Waals surface area contributed by atoms with Crippen molar-refractivity contribution in [3.8, 4) is 0 Å². The van der Waals surface area contributed by atoms with E-state index in [0.717, 1.165) is 11.1 Å². The normalized spacial score (nSPS) is 31.0. The monoisotopic (exact) mass is 274 g/mol. The molecule has 0 saturated carbocycles. The Kier molecular flexibility index (Phi) is 4.03. The summed E-state index contributed by atoms with van der Waals surface area (Å²) in [6, 6.07) is 0. The summed E-state index contributed by atoms with van der Waals surface area (Å²) in [7, 11) is 0. The molecule has 102 valence electrons. The van der Waals surface area contributed by atoms with Gasteiger partial charge in [0.25, 0.3) is 5.89 Å².